The molecule has 58 heavy (non-hydrogen) atoms. The normalized spacial score (nSPS) is 12.7. The summed E-state index contributed by atoms with van der Waals surface area (Å²) in [6, 6.07) is 0. The van der Waals surface area contributed by atoms with E-state index in [9.17, 15) is 9.59 Å². The molecule has 0 saturated carbocycles. The molecule has 0 aromatic heterocycles. The van der Waals surface area contributed by atoms with E-state index in [1.54, 1.807) is 0 Å². The molecule has 0 aromatic rings. The van der Waals surface area contributed by atoms with Gasteiger partial charge >= 0.3 is 11.9 Å². The lowest BCUT2D eigenvalue weighted by molar-refractivity contribution is -0.163. The van der Waals surface area contributed by atoms with Crippen LogP contribution in [-0.4, -0.2) is 37.9 Å². The maximum atomic E-state index is 12.7. The molecule has 0 aliphatic rings. The fourth-order valence-corrected chi connectivity index (χ4v) is 6.79. The van der Waals surface area contributed by atoms with E-state index in [4.69, 9.17) is 14.2 Å². The minimum absolute atomic E-state index is 0.0702. The molecule has 0 heterocycles. The molecule has 0 spiro atoms. The molecule has 0 aromatic carbocycles. The number of esters is 2. The summed E-state index contributed by atoms with van der Waals surface area (Å²) in [5.41, 5.74) is 0. The largest absolute Gasteiger partial charge is 0.462 e. The van der Waals surface area contributed by atoms with Crippen molar-refractivity contribution in [3.8, 4) is 0 Å². The van der Waals surface area contributed by atoms with Gasteiger partial charge < -0.3 is 14.2 Å². The third kappa shape index (κ3) is 46.3. The Morgan fingerprint density at radius 3 is 1.31 bits per heavy atom. The zero-order chi connectivity index (χ0) is 42.1. The third-order valence-corrected chi connectivity index (χ3v) is 10.5. The highest BCUT2D eigenvalue weighted by atomic mass is 16.6. The summed E-state index contributed by atoms with van der Waals surface area (Å²) in [5, 5.41) is 0. The lowest BCUT2D eigenvalue weighted by Gasteiger charge is -2.18. The second-order valence-electron chi connectivity index (χ2n) is 16.3. The second kappa shape index (κ2) is 49.0. The monoisotopic (exact) mass is 811 g/mol. The number of hydrogen-bond acceptors (Lipinski definition) is 5. The summed E-state index contributed by atoms with van der Waals surface area (Å²) in [6.07, 6.45) is 60.8. The van der Waals surface area contributed by atoms with Crippen LogP contribution in [0.4, 0.5) is 0 Å². The zero-order valence-corrected chi connectivity index (χ0v) is 38.6. The summed E-state index contributed by atoms with van der Waals surface area (Å²) < 4.78 is 17.3. The van der Waals surface area contributed by atoms with Crippen LogP contribution in [0.25, 0.3) is 0 Å². The van der Waals surface area contributed by atoms with Crippen molar-refractivity contribution in [2.75, 3.05) is 19.8 Å². The van der Waals surface area contributed by atoms with Crippen LogP contribution < -0.4 is 0 Å². The molecule has 0 radical (unpaired) electrons. The van der Waals surface area contributed by atoms with E-state index in [1.807, 2.05) is 0 Å². The van der Waals surface area contributed by atoms with Crippen LogP contribution in [0.2, 0.25) is 0 Å². The number of rotatable bonds is 45. The lowest BCUT2D eigenvalue weighted by atomic mass is 10.1. The number of allylic oxidation sites excluding steroid dienone is 10. The van der Waals surface area contributed by atoms with Gasteiger partial charge in [0, 0.05) is 19.4 Å². The predicted molar refractivity (Wildman–Crippen MR) is 251 cm³/mol. The molecule has 5 nitrogen and oxygen atoms in total. The van der Waals surface area contributed by atoms with Crippen LogP contribution in [0.15, 0.2) is 60.8 Å². The number of ether oxygens (including phenoxy) is 3. The Morgan fingerprint density at radius 1 is 0.397 bits per heavy atom. The van der Waals surface area contributed by atoms with E-state index < -0.39 is 6.10 Å². The fourth-order valence-electron chi connectivity index (χ4n) is 6.79. The summed E-state index contributed by atoms with van der Waals surface area (Å²) in [5.74, 6) is -0.423. The number of hydrogen-bond donors (Lipinski definition) is 0. The van der Waals surface area contributed by atoms with Crippen molar-refractivity contribution in [3.63, 3.8) is 0 Å². The second-order valence-corrected chi connectivity index (χ2v) is 16.3. The van der Waals surface area contributed by atoms with Crippen molar-refractivity contribution in [1.82, 2.24) is 0 Å². The summed E-state index contributed by atoms with van der Waals surface area (Å²) in [7, 11) is 0. The molecule has 0 amide bonds. The molecule has 336 valence electrons. The van der Waals surface area contributed by atoms with Gasteiger partial charge in [-0.15, -0.1) is 0 Å². The van der Waals surface area contributed by atoms with Gasteiger partial charge in [0.15, 0.2) is 6.10 Å². The Balaban J connectivity index is 4.27. The Labute approximate surface area is 360 Å². The lowest BCUT2D eigenvalue weighted by Crippen LogP contribution is -2.30. The molecule has 0 rings (SSSR count). The molecule has 0 fully saturated rings. The van der Waals surface area contributed by atoms with Crippen LogP contribution in [0.5, 0.6) is 0 Å². The zero-order valence-electron chi connectivity index (χ0n) is 38.6. The summed E-state index contributed by atoms with van der Waals surface area (Å²) >= 11 is 0. The first kappa shape index (κ1) is 55.6. The highest BCUT2D eigenvalue weighted by Crippen LogP contribution is 2.14. The predicted octanol–water partition coefficient (Wildman–Crippen LogP) is 16.6. The SMILES string of the molecule is CC/C=C\C/C=C\C/C=C\CCCCCCOCC(COC(=O)CCCCCCCCC/C=C\CCCCCCCC)OC(=O)CCCCCCC/C=C\CCCC. The van der Waals surface area contributed by atoms with Gasteiger partial charge in [-0.05, 0) is 96.3 Å². The Bertz CT molecular complexity index is 1010. The summed E-state index contributed by atoms with van der Waals surface area (Å²) in [4.78, 5) is 25.3. The van der Waals surface area contributed by atoms with Crippen molar-refractivity contribution in [3.05, 3.63) is 60.8 Å². The van der Waals surface area contributed by atoms with Crippen molar-refractivity contribution >= 4 is 11.9 Å². The van der Waals surface area contributed by atoms with Crippen LogP contribution >= 0.6 is 0 Å². The van der Waals surface area contributed by atoms with Gasteiger partial charge in [0.1, 0.15) is 6.61 Å². The molecular weight excluding hydrogens is 717 g/mol. The van der Waals surface area contributed by atoms with Gasteiger partial charge in [0.25, 0.3) is 0 Å². The molecule has 5 heteroatoms. The molecule has 1 unspecified atom stereocenters. The molecule has 1 atom stereocenters. The highest BCUT2D eigenvalue weighted by molar-refractivity contribution is 5.70. The van der Waals surface area contributed by atoms with Gasteiger partial charge in [-0.25, -0.2) is 0 Å². The van der Waals surface area contributed by atoms with E-state index in [1.165, 1.54) is 122 Å². The van der Waals surface area contributed by atoms with Crippen LogP contribution in [0, 0.1) is 0 Å². The van der Waals surface area contributed by atoms with E-state index in [-0.39, 0.29) is 25.2 Å². The first-order chi connectivity index (χ1) is 28.6. The molecule has 0 saturated heterocycles. The Morgan fingerprint density at radius 2 is 0.793 bits per heavy atom. The average molecular weight is 811 g/mol. The van der Waals surface area contributed by atoms with Crippen molar-refractivity contribution < 1.29 is 23.8 Å². The molecule has 0 aliphatic heterocycles. The minimum atomic E-state index is -0.553. The quantitative estimate of drug-likeness (QED) is 0.0348. The van der Waals surface area contributed by atoms with E-state index in [0.29, 0.717) is 19.4 Å². The highest BCUT2D eigenvalue weighted by Gasteiger charge is 2.17. The van der Waals surface area contributed by atoms with Crippen LogP contribution in [0.1, 0.15) is 239 Å². The fraction of sp³-hybridized carbons (Fsp3) is 0.774. The van der Waals surface area contributed by atoms with E-state index in [0.717, 1.165) is 83.5 Å². The van der Waals surface area contributed by atoms with Gasteiger partial charge in [-0.1, -0.05) is 191 Å². The Kier molecular flexibility index (Phi) is 46.9. The van der Waals surface area contributed by atoms with Gasteiger partial charge in [0.05, 0.1) is 6.61 Å². The first-order valence-electron chi connectivity index (χ1n) is 24.8. The summed E-state index contributed by atoms with van der Waals surface area (Å²) in [6.45, 7) is 7.62. The molecule has 0 bridgehead atoms. The third-order valence-electron chi connectivity index (χ3n) is 10.5. The molecule has 0 aliphatic carbocycles. The van der Waals surface area contributed by atoms with Crippen molar-refractivity contribution in [2.24, 2.45) is 0 Å². The maximum absolute atomic E-state index is 12.7. The van der Waals surface area contributed by atoms with Crippen LogP contribution in [-0.2, 0) is 23.8 Å². The topological polar surface area (TPSA) is 61.8 Å². The van der Waals surface area contributed by atoms with Crippen LogP contribution in [0.3, 0.4) is 0 Å². The van der Waals surface area contributed by atoms with E-state index >= 15 is 0 Å². The van der Waals surface area contributed by atoms with Crippen molar-refractivity contribution in [2.45, 2.75) is 245 Å². The van der Waals surface area contributed by atoms with E-state index in [2.05, 4.69) is 81.5 Å². The number of carbonyl (C=O) groups excluding carboxylic acids is 2. The average Bonchev–Trinajstić information content (AvgIpc) is 3.22. The molecular formula is C53H94O5. The van der Waals surface area contributed by atoms with Gasteiger partial charge in [0.2, 0.25) is 0 Å². The molecule has 0 N–H and O–H groups in total. The maximum Gasteiger partial charge on any atom is 0.306 e. The smallest absolute Gasteiger partial charge is 0.306 e. The Hall–Kier alpha value is -2.40. The van der Waals surface area contributed by atoms with Crippen molar-refractivity contribution in [1.29, 1.82) is 0 Å². The first-order valence-corrected chi connectivity index (χ1v) is 24.8. The van der Waals surface area contributed by atoms with Gasteiger partial charge in [-0.2, -0.15) is 0 Å². The standard InChI is InChI=1S/C53H94O5/c1-4-7-10-13-16-19-22-24-26-27-28-29-32-34-37-40-43-46-52(54)57-50-51(58-53(55)47-44-41-38-35-31-21-18-15-12-9-6-3)49-56-48-45-42-39-36-33-30-25-23-20-17-14-11-8-5-2/h8,11,15,17-18,20,24-26,30,51H,4-7,9-10,12-14,16,19,21-23,27-29,31-50H2,1-3H3/b11-8-,18-15-,20-17-,26-24-,30-25-. The number of unbranched alkanes of at least 4 members (excludes halogenated alkanes) is 24. The van der Waals surface area contributed by atoms with Gasteiger partial charge in [-0.3, -0.25) is 9.59 Å². The minimum Gasteiger partial charge on any atom is -0.462 e. The number of carbonyl (C=O) groups is 2.